The van der Waals surface area contributed by atoms with Crippen molar-refractivity contribution < 1.29 is 14.6 Å². The first kappa shape index (κ1) is 16.5. The predicted octanol–water partition coefficient (Wildman–Crippen LogP) is 2.35. The Balaban J connectivity index is 2.20. The van der Waals surface area contributed by atoms with E-state index in [2.05, 4.69) is 12.2 Å². The van der Waals surface area contributed by atoms with Gasteiger partial charge in [0.2, 0.25) is 5.91 Å². The van der Waals surface area contributed by atoms with Gasteiger partial charge >= 0.3 is 0 Å². The summed E-state index contributed by atoms with van der Waals surface area (Å²) in [5.41, 5.74) is 2.41. The average molecular weight is 279 g/mol. The van der Waals surface area contributed by atoms with Gasteiger partial charge in [0.15, 0.2) is 0 Å². The number of hydrogen-bond donors (Lipinski definition) is 2. The molecular weight excluding hydrogens is 254 g/mol. The maximum absolute atomic E-state index is 11.6. The molecule has 4 heteroatoms. The van der Waals surface area contributed by atoms with Crippen molar-refractivity contribution in [3.8, 4) is 5.75 Å². The first-order chi connectivity index (χ1) is 9.52. The molecule has 1 atom stereocenters. The van der Waals surface area contributed by atoms with Crippen LogP contribution in [0.4, 0.5) is 0 Å². The summed E-state index contributed by atoms with van der Waals surface area (Å²) >= 11 is 0. The molecule has 1 aromatic rings. The SMILES string of the molecule is CCC(O)CCNC(=O)CCOc1ccc(C)c(C)c1. The molecule has 0 saturated heterocycles. The lowest BCUT2D eigenvalue weighted by atomic mass is 10.1. The summed E-state index contributed by atoms with van der Waals surface area (Å²) in [6.45, 7) is 6.89. The molecule has 20 heavy (non-hydrogen) atoms. The van der Waals surface area contributed by atoms with Crippen LogP contribution in [-0.2, 0) is 4.79 Å². The van der Waals surface area contributed by atoms with Crippen LogP contribution in [0, 0.1) is 13.8 Å². The molecule has 0 aliphatic heterocycles. The minimum absolute atomic E-state index is 0.0443. The summed E-state index contributed by atoms with van der Waals surface area (Å²) in [5, 5.41) is 12.1. The second-order valence-corrected chi connectivity index (χ2v) is 5.05. The van der Waals surface area contributed by atoms with Gasteiger partial charge in [-0.1, -0.05) is 13.0 Å². The predicted molar refractivity (Wildman–Crippen MR) is 80.0 cm³/mol. The van der Waals surface area contributed by atoms with Gasteiger partial charge in [-0.2, -0.15) is 0 Å². The zero-order valence-corrected chi connectivity index (χ0v) is 12.6. The largest absolute Gasteiger partial charge is 0.493 e. The third kappa shape index (κ3) is 6.06. The molecule has 2 N–H and O–H groups in total. The van der Waals surface area contributed by atoms with E-state index in [9.17, 15) is 9.90 Å². The van der Waals surface area contributed by atoms with Crippen LogP contribution in [0.3, 0.4) is 0 Å². The molecule has 1 aromatic carbocycles. The zero-order valence-electron chi connectivity index (χ0n) is 12.6. The lowest BCUT2D eigenvalue weighted by Crippen LogP contribution is -2.28. The number of nitrogens with one attached hydrogen (secondary N) is 1. The highest BCUT2D eigenvalue weighted by atomic mass is 16.5. The van der Waals surface area contributed by atoms with E-state index in [1.807, 2.05) is 32.0 Å². The van der Waals surface area contributed by atoms with Crippen molar-refractivity contribution in [1.29, 1.82) is 0 Å². The Morgan fingerprint density at radius 2 is 2.10 bits per heavy atom. The number of benzene rings is 1. The van der Waals surface area contributed by atoms with Crippen LogP contribution in [0.1, 0.15) is 37.3 Å². The molecule has 0 aliphatic rings. The molecule has 112 valence electrons. The fourth-order valence-electron chi connectivity index (χ4n) is 1.74. The van der Waals surface area contributed by atoms with E-state index >= 15 is 0 Å². The molecule has 0 heterocycles. The Kier molecular flexibility index (Phi) is 7.09. The second kappa shape index (κ2) is 8.59. The van der Waals surface area contributed by atoms with Gasteiger partial charge in [-0.15, -0.1) is 0 Å². The molecule has 1 unspecified atom stereocenters. The number of aliphatic hydroxyl groups excluding tert-OH is 1. The van der Waals surface area contributed by atoms with Gasteiger partial charge in [0.05, 0.1) is 19.1 Å². The van der Waals surface area contributed by atoms with Gasteiger partial charge in [0, 0.05) is 6.54 Å². The molecule has 0 spiro atoms. The summed E-state index contributed by atoms with van der Waals surface area (Å²) in [5.74, 6) is 0.749. The third-order valence-electron chi connectivity index (χ3n) is 3.35. The smallest absolute Gasteiger partial charge is 0.223 e. The maximum Gasteiger partial charge on any atom is 0.223 e. The molecule has 0 aromatic heterocycles. The Bertz CT molecular complexity index is 432. The maximum atomic E-state index is 11.6. The molecule has 0 radical (unpaired) electrons. The normalized spacial score (nSPS) is 12.0. The van der Waals surface area contributed by atoms with Crippen LogP contribution in [0.5, 0.6) is 5.75 Å². The fourth-order valence-corrected chi connectivity index (χ4v) is 1.74. The first-order valence-corrected chi connectivity index (χ1v) is 7.17. The molecule has 1 rings (SSSR count). The van der Waals surface area contributed by atoms with E-state index in [0.717, 1.165) is 5.75 Å². The number of carbonyl (C=O) groups excluding carboxylic acids is 1. The number of rotatable bonds is 8. The Labute approximate surface area is 121 Å². The van der Waals surface area contributed by atoms with E-state index in [0.29, 0.717) is 32.4 Å². The van der Waals surface area contributed by atoms with Gasteiger partial charge in [0.1, 0.15) is 5.75 Å². The van der Waals surface area contributed by atoms with Crippen LogP contribution in [0.2, 0.25) is 0 Å². The number of hydrogen-bond acceptors (Lipinski definition) is 3. The van der Waals surface area contributed by atoms with E-state index in [1.165, 1.54) is 11.1 Å². The zero-order chi connectivity index (χ0) is 15.0. The Morgan fingerprint density at radius 3 is 2.75 bits per heavy atom. The molecule has 0 saturated carbocycles. The number of ether oxygens (including phenoxy) is 1. The molecule has 4 nitrogen and oxygen atoms in total. The van der Waals surface area contributed by atoms with Crippen molar-refractivity contribution in [3.63, 3.8) is 0 Å². The van der Waals surface area contributed by atoms with Crippen molar-refractivity contribution in [2.45, 2.75) is 46.1 Å². The average Bonchev–Trinajstić information content (AvgIpc) is 2.42. The molecule has 0 fully saturated rings. The second-order valence-electron chi connectivity index (χ2n) is 5.05. The first-order valence-electron chi connectivity index (χ1n) is 7.17. The molecule has 1 amide bonds. The van der Waals surface area contributed by atoms with Crippen molar-refractivity contribution in [2.75, 3.05) is 13.2 Å². The summed E-state index contributed by atoms with van der Waals surface area (Å²) < 4.78 is 5.55. The van der Waals surface area contributed by atoms with Crippen LogP contribution in [0.25, 0.3) is 0 Å². The third-order valence-corrected chi connectivity index (χ3v) is 3.35. The highest BCUT2D eigenvalue weighted by molar-refractivity contribution is 5.75. The summed E-state index contributed by atoms with van der Waals surface area (Å²) in [4.78, 5) is 11.6. The van der Waals surface area contributed by atoms with E-state index in [4.69, 9.17) is 4.74 Å². The van der Waals surface area contributed by atoms with Gasteiger partial charge in [-0.3, -0.25) is 4.79 Å². The van der Waals surface area contributed by atoms with Crippen LogP contribution in [-0.4, -0.2) is 30.3 Å². The summed E-state index contributed by atoms with van der Waals surface area (Å²) in [7, 11) is 0. The van der Waals surface area contributed by atoms with Crippen LogP contribution >= 0.6 is 0 Å². The minimum atomic E-state index is -0.331. The highest BCUT2D eigenvalue weighted by Gasteiger charge is 2.04. The number of carbonyl (C=O) groups is 1. The van der Waals surface area contributed by atoms with E-state index < -0.39 is 0 Å². The summed E-state index contributed by atoms with van der Waals surface area (Å²) in [6.07, 6.45) is 1.31. The monoisotopic (exact) mass is 279 g/mol. The number of aliphatic hydroxyl groups is 1. The number of amides is 1. The molecular formula is C16H25NO3. The van der Waals surface area contributed by atoms with E-state index in [-0.39, 0.29) is 12.0 Å². The van der Waals surface area contributed by atoms with E-state index in [1.54, 1.807) is 0 Å². The van der Waals surface area contributed by atoms with Crippen molar-refractivity contribution >= 4 is 5.91 Å². The van der Waals surface area contributed by atoms with Gasteiger partial charge in [0.25, 0.3) is 0 Å². The topological polar surface area (TPSA) is 58.6 Å². The van der Waals surface area contributed by atoms with Crippen molar-refractivity contribution in [1.82, 2.24) is 5.32 Å². The molecule has 0 aliphatic carbocycles. The van der Waals surface area contributed by atoms with Gasteiger partial charge < -0.3 is 15.2 Å². The summed E-state index contributed by atoms with van der Waals surface area (Å²) in [6, 6.07) is 5.90. The lowest BCUT2D eigenvalue weighted by molar-refractivity contribution is -0.121. The van der Waals surface area contributed by atoms with Crippen LogP contribution in [0.15, 0.2) is 18.2 Å². The minimum Gasteiger partial charge on any atom is -0.493 e. The molecule has 0 bridgehead atoms. The van der Waals surface area contributed by atoms with Crippen LogP contribution < -0.4 is 10.1 Å². The standard InChI is InChI=1S/C16H25NO3/c1-4-14(18)7-9-17-16(19)8-10-20-15-6-5-12(2)13(3)11-15/h5-6,11,14,18H,4,7-10H2,1-3H3,(H,17,19). The Morgan fingerprint density at radius 1 is 1.35 bits per heavy atom. The quantitative estimate of drug-likeness (QED) is 0.768. The van der Waals surface area contributed by atoms with Crippen molar-refractivity contribution in [2.24, 2.45) is 0 Å². The highest BCUT2D eigenvalue weighted by Crippen LogP contribution is 2.16. The van der Waals surface area contributed by atoms with Gasteiger partial charge in [-0.25, -0.2) is 0 Å². The van der Waals surface area contributed by atoms with Gasteiger partial charge in [-0.05, 0) is 49.9 Å². The Hall–Kier alpha value is -1.55. The van der Waals surface area contributed by atoms with Crippen molar-refractivity contribution in [3.05, 3.63) is 29.3 Å². The lowest BCUT2D eigenvalue weighted by Gasteiger charge is -2.10. The fraction of sp³-hybridized carbons (Fsp3) is 0.562. The number of aryl methyl sites for hydroxylation is 2.